The number of thioether (sulfide) groups is 1. The molecule has 1 saturated heterocycles. The van der Waals surface area contributed by atoms with Crippen molar-refractivity contribution in [3.8, 4) is 5.75 Å². The number of carbonyl (C=O) groups excluding carboxylic acids is 1. The largest absolute Gasteiger partial charge is 0.486 e. The number of esters is 1. The zero-order chi connectivity index (χ0) is 20.9. The van der Waals surface area contributed by atoms with Crippen LogP contribution in [0.15, 0.2) is 17.2 Å². The van der Waals surface area contributed by atoms with Crippen LogP contribution < -0.4 is 9.64 Å². The van der Waals surface area contributed by atoms with Crippen molar-refractivity contribution in [2.75, 3.05) is 30.4 Å². The van der Waals surface area contributed by atoms with Crippen molar-refractivity contribution < 1.29 is 19.4 Å². The van der Waals surface area contributed by atoms with Gasteiger partial charge in [0.25, 0.3) is 0 Å². The summed E-state index contributed by atoms with van der Waals surface area (Å²) in [6.45, 7) is 7.86. The lowest BCUT2D eigenvalue weighted by atomic mass is 10.0. The lowest BCUT2D eigenvalue weighted by Crippen LogP contribution is -2.39. The van der Waals surface area contributed by atoms with Gasteiger partial charge in [-0.15, -0.1) is 11.8 Å². The normalized spacial score (nSPS) is 23.9. The van der Waals surface area contributed by atoms with E-state index in [9.17, 15) is 9.90 Å². The van der Waals surface area contributed by atoms with Gasteiger partial charge in [0.05, 0.1) is 29.6 Å². The number of pyridine rings is 1. The number of nitrogens with zero attached hydrogens (tertiary/aromatic N) is 2. The molecule has 0 amide bonds. The molecule has 0 aliphatic carbocycles. The number of aliphatic hydroxyl groups is 1. The van der Waals surface area contributed by atoms with Gasteiger partial charge in [0.2, 0.25) is 0 Å². The van der Waals surface area contributed by atoms with E-state index in [4.69, 9.17) is 9.47 Å². The molecule has 0 bridgehead atoms. The van der Waals surface area contributed by atoms with Gasteiger partial charge >= 0.3 is 5.97 Å². The monoisotopic (exact) mass is 422 g/mol. The average Bonchev–Trinajstić information content (AvgIpc) is 3.02. The summed E-state index contributed by atoms with van der Waals surface area (Å²) >= 11 is 1.60. The minimum atomic E-state index is -0.711. The summed E-state index contributed by atoms with van der Waals surface area (Å²) < 4.78 is 11.5. The molecule has 2 unspecified atom stereocenters. The molecule has 1 aromatic heterocycles. The third-order valence-corrected chi connectivity index (χ3v) is 6.80. The van der Waals surface area contributed by atoms with Gasteiger partial charge in [-0.05, 0) is 25.3 Å². The van der Waals surface area contributed by atoms with Crippen LogP contribution in [0.4, 0.5) is 5.82 Å². The van der Waals surface area contributed by atoms with Gasteiger partial charge in [0, 0.05) is 24.9 Å². The van der Waals surface area contributed by atoms with Gasteiger partial charge in [-0.1, -0.05) is 33.1 Å². The molecule has 7 heteroatoms. The second-order valence-electron chi connectivity index (χ2n) is 8.45. The van der Waals surface area contributed by atoms with E-state index in [2.05, 4.69) is 23.7 Å². The topological polar surface area (TPSA) is 71.9 Å². The predicted molar refractivity (Wildman–Crippen MR) is 116 cm³/mol. The van der Waals surface area contributed by atoms with Crippen molar-refractivity contribution in [2.24, 2.45) is 5.92 Å². The first kappa shape index (κ1) is 22.2. The third kappa shape index (κ3) is 5.79. The second kappa shape index (κ2) is 10.0. The first-order chi connectivity index (χ1) is 13.9. The Morgan fingerprint density at radius 2 is 2.34 bits per heavy atom. The van der Waals surface area contributed by atoms with Crippen molar-refractivity contribution in [1.29, 1.82) is 0 Å². The Balaban J connectivity index is 1.50. The molecule has 0 spiro atoms. The highest BCUT2D eigenvalue weighted by Crippen LogP contribution is 2.44. The van der Waals surface area contributed by atoms with Crippen molar-refractivity contribution in [2.45, 2.75) is 75.8 Å². The molecule has 162 valence electrons. The molecular formula is C22H34N2O4S. The first-order valence-corrected chi connectivity index (χ1v) is 11.8. The van der Waals surface area contributed by atoms with E-state index in [0.717, 1.165) is 29.3 Å². The van der Waals surface area contributed by atoms with Gasteiger partial charge < -0.3 is 19.5 Å². The van der Waals surface area contributed by atoms with Crippen LogP contribution in [0.1, 0.15) is 59.3 Å². The first-order valence-electron chi connectivity index (χ1n) is 10.8. The summed E-state index contributed by atoms with van der Waals surface area (Å²) in [4.78, 5) is 19.8. The lowest BCUT2D eigenvalue weighted by Gasteiger charge is -2.32. The molecule has 3 atom stereocenters. The minimum Gasteiger partial charge on any atom is -0.486 e. The van der Waals surface area contributed by atoms with Gasteiger partial charge in [-0.3, -0.25) is 4.79 Å². The quantitative estimate of drug-likeness (QED) is 0.450. The molecule has 0 radical (unpaired) electrons. The van der Waals surface area contributed by atoms with E-state index < -0.39 is 5.60 Å². The Hall–Kier alpha value is -1.47. The molecule has 3 heterocycles. The number of anilines is 1. The van der Waals surface area contributed by atoms with Crippen LogP contribution in [0.2, 0.25) is 0 Å². The molecule has 0 saturated carbocycles. The van der Waals surface area contributed by atoms with Crippen LogP contribution in [-0.4, -0.2) is 53.2 Å². The highest BCUT2D eigenvalue weighted by Gasteiger charge is 2.43. The molecule has 2 aliphatic heterocycles. The zero-order valence-corrected chi connectivity index (χ0v) is 18.7. The standard InChI is InChI=1S/C22H34N2O4S/c1-4-6-7-16(5-2)13-27-19(25)9-11-29-18-8-10-23-21-20(18)28-14-17-12-22(3,26)15-24(17)21/h8,10,16-17,26H,4-7,9,11-15H2,1-3H3/t16?,17-,22?/m0/s1. The Morgan fingerprint density at radius 1 is 1.52 bits per heavy atom. The number of unbranched alkanes of at least 4 members (excludes halogenated alkanes) is 1. The lowest BCUT2D eigenvalue weighted by molar-refractivity contribution is -0.144. The molecule has 0 aromatic carbocycles. The maximum absolute atomic E-state index is 12.1. The number of fused-ring (bicyclic) bond motifs is 3. The smallest absolute Gasteiger partial charge is 0.306 e. The van der Waals surface area contributed by atoms with Crippen molar-refractivity contribution in [3.05, 3.63) is 12.3 Å². The average molecular weight is 423 g/mol. The fourth-order valence-electron chi connectivity index (χ4n) is 4.05. The fourth-order valence-corrected chi connectivity index (χ4v) is 4.98. The number of rotatable bonds is 10. The van der Waals surface area contributed by atoms with E-state index in [1.807, 2.05) is 13.0 Å². The highest BCUT2D eigenvalue weighted by atomic mass is 32.2. The summed E-state index contributed by atoms with van der Waals surface area (Å²) in [6.07, 6.45) is 7.38. The zero-order valence-electron chi connectivity index (χ0n) is 17.9. The Morgan fingerprint density at radius 3 is 3.10 bits per heavy atom. The van der Waals surface area contributed by atoms with Gasteiger partial charge in [0.15, 0.2) is 11.6 Å². The number of aromatic nitrogens is 1. The molecule has 1 fully saturated rings. The number of hydrogen-bond acceptors (Lipinski definition) is 7. The molecule has 2 aliphatic rings. The summed E-state index contributed by atoms with van der Waals surface area (Å²) in [7, 11) is 0. The van der Waals surface area contributed by atoms with E-state index in [0.29, 0.717) is 44.3 Å². The van der Waals surface area contributed by atoms with E-state index >= 15 is 0 Å². The van der Waals surface area contributed by atoms with Crippen LogP contribution in [-0.2, 0) is 9.53 Å². The minimum absolute atomic E-state index is 0.132. The van der Waals surface area contributed by atoms with Gasteiger partial charge in [0.1, 0.15) is 6.61 Å². The maximum atomic E-state index is 12.1. The third-order valence-electron chi connectivity index (χ3n) is 5.76. The van der Waals surface area contributed by atoms with Crippen LogP contribution in [0.3, 0.4) is 0 Å². The number of carbonyl (C=O) groups is 1. The van der Waals surface area contributed by atoms with Crippen LogP contribution in [0, 0.1) is 5.92 Å². The maximum Gasteiger partial charge on any atom is 0.306 e. The Kier molecular flexibility index (Phi) is 7.68. The predicted octanol–water partition coefficient (Wildman–Crippen LogP) is 4.05. The van der Waals surface area contributed by atoms with E-state index in [1.165, 1.54) is 12.8 Å². The SMILES string of the molecule is CCCCC(CC)COC(=O)CCSc1ccnc2c1OC[C@@H]1CC(C)(O)CN21. The second-order valence-corrected chi connectivity index (χ2v) is 9.59. The molecular weight excluding hydrogens is 388 g/mol. The summed E-state index contributed by atoms with van der Waals surface area (Å²) in [5.41, 5.74) is -0.711. The van der Waals surface area contributed by atoms with Crippen molar-refractivity contribution in [3.63, 3.8) is 0 Å². The number of ether oxygens (including phenoxy) is 2. The molecule has 29 heavy (non-hydrogen) atoms. The number of hydrogen-bond donors (Lipinski definition) is 1. The molecule has 1 aromatic rings. The summed E-state index contributed by atoms with van der Waals surface area (Å²) in [6, 6.07) is 2.10. The highest BCUT2D eigenvalue weighted by molar-refractivity contribution is 7.99. The molecule has 3 rings (SSSR count). The Labute approximate surface area is 178 Å². The van der Waals surface area contributed by atoms with Crippen LogP contribution >= 0.6 is 11.8 Å². The summed E-state index contributed by atoms with van der Waals surface area (Å²) in [5, 5.41) is 10.4. The fraction of sp³-hybridized carbons (Fsp3) is 0.727. The van der Waals surface area contributed by atoms with Gasteiger partial charge in [-0.25, -0.2) is 4.98 Å². The van der Waals surface area contributed by atoms with E-state index in [-0.39, 0.29) is 12.0 Å². The van der Waals surface area contributed by atoms with Crippen LogP contribution in [0.5, 0.6) is 5.75 Å². The molecule has 1 N–H and O–H groups in total. The molecule has 6 nitrogen and oxygen atoms in total. The summed E-state index contributed by atoms with van der Waals surface area (Å²) in [5.74, 6) is 2.55. The van der Waals surface area contributed by atoms with E-state index in [1.54, 1.807) is 18.0 Å². The van der Waals surface area contributed by atoms with Crippen molar-refractivity contribution >= 4 is 23.5 Å². The van der Waals surface area contributed by atoms with Gasteiger partial charge in [-0.2, -0.15) is 0 Å². The van der Waals surface area contributed by atoms with Crippen molar-refractivity contribution in [1.82, 2.24) is 4.98 Å². The van der Waals surface area contributed by atoms with Crippen LogP contribution in [0.25, 0.3) is 0 Å². The Bertz CT molecular complexity index is 697.